The van der Waals surface area contributed by atoms with E-state index in [1.165, 1.54) is 16.6 Å². The summed E-state index contributed by atoms with van der Waals surface area (Å²) in [6.45, 7) is 5.66. The molecular formula is C9H14N2S. The molecule has 12 heavy (non-hydrogen) atoms. The van der Waals surface area contributed by atoms with Gasteiger partial charge < -0.3 is 4.57 Å². The second-order valence-corrected chi connectivity index (χ2v) is 4.69. The largest absolute Gasteiger partial charge is 0.322 e. The van der Waals surface area contributed by atoms with Crippen molar-refractivity contribution in [3.05, 3.63) is 11.9 Å². The number of hydrogen-bond acceptors (Lipinski definition) is 2. The van der Waals surface area contributed by atoms with Crippen LogP contribution in [0.25, 0.3) is 0 Å². The zero-order valence-corrected chi connectivity index (χ0v) is 8.40. The molecule has 2 nitrogen and oxygen atoms in total. The van der Waals surface area contributed by atoms with Crippen LogP contribution in [0, 0.1) is 5.92 Å². The summed E-state index contributed by atoms with van der Waals surface area (Å²) in [5, 5.41) is 1.21. The van der Waals surface area contributed by atoms with Crippen molar-refractivity contribution in [1.82, 2.24) is 9.55 Å². The lowest BCUT2D eigenvalue weighted by molar-refractivity contribution is 0.588. The molecule has 0 saturated heterocycles. The number of aromatic nitrogens is 2. The van der Waals surface area contributed by atoms with Gasteiger partial charge in [0.05, 0.1) is 0 Å². The van der Waals surface area contributed by atoms with Crippen molar-refractivity contribution in [2.24, 2.45) is 5.92 Å². The Labute approximate surface area is 77.4 Å². The molecular weight excluding hydrogens is 168 g/mol. The van der Waals surface area contributed by atoms with E-state index in [-0.39, 0.29) is 0 Å². The molecule has 0 atom stereocenters. The van der Waals surface area contributed by atoms with E-state index < -0.39 is 0 Å². The lowest BCUT2D eigenvalue weighted by Crippen LogP contribution is -2.03. The fraction of sp³-hybridized carbons (Fsp3) is 0.667. The molecule has 0 unspecified atom stereocenters. The van der Waals surface area contributed by atoms with E-state index in [1.807, 2.05) is 18.0 Å². The molecule has 0 spiro atoms. The molecule has 1 aromatic heterocycles. The quantitative estimate of drug-likeness (QED) is 0.697. The van der Waals surface area contributed by atoms with Gasteiger partial charge in [0.2, 0.25) is 0 Å². The SMILES string of the molecule is CC(C)Cc1cnc2n1CCS2. The molecule has 0 saturated carbocycles. The van der Waals surface area contributed by atoms with Gasteiger partial charge in [-0.15, -0.1) is 0 Å². The second-order valence-electron chi connectivity index (χ2n) is 3.63. The van der Waals surface area contributed by atoms with Gasteiger partial charge in [0.15, 0.2) is 5.16 Å². The van der Waals surface area contributed by atoms with Crippen LogP contribution in [0.5, 0.6) is 0 Å². The Bertz CT molecular complexity index is 278. The molecule has 2 heterocycles. The Morgan fingerprint density at radius 1 is 1.67 bits per heavy atom. The first-order chi connectivity index (χ1) is 5.77. The predicted octanol–water partition coefficient (Wildman–Crippen LogP) is 2.19. The van der Waals surface area contributed by atoms with E-state index in [4.69, 9.17) is 0 Å². The Hall–Kier alpha value is -0.440. The average Bonchev–Trinajstić information content (AvgIpc) is 2.52. The molecule has 66 valence electrons. The number of fused-ring (bicyclic) bond motifs is 1. The van der Waals surface area contributed by atoms with Crippen LogP contribution in [0.2, 0.25) is 0 Å². The molecule has 0 N–H and O–H groups in total. The Morgan fingerprint density at radius 3 is 3.25 bits per heavy atom. The lowest BCUT2D eigenvalue weighted by atomic mass is 10.1. The molecule has 0 amide bonds. The highest BCUT2D eigenvalue weighted by molar-refractivity contribution is 7.99. The summed E-state index contributed by atoms with van der Waals surface area (Å²) in [6.07, 6.45) is 3.19. The molecule has 0 aliphatic carbocycles. The van der Waals surface area contributed by atoms with Crippen molar-refractivity contribution >= 4 is 11.8 Å². The fourth-order valence-electron chi connectivity index (χ4n) is 1.56. The first-order valence-electron chi connectivity index (χ1n) is 4.44. The Balaban J connectivity index is 2.22. The van der Waals surface area contributed by atoms with E-state index >= 15 is 0 Å². The second kappa shape index (κ2) is 3.13. The molecule has 0 bridgehead atoms. The maximum absolute atomic E-state index is 4.38. The highest BCUT2D eigenvalue weighted by Gasteiger charge is 2.16. The topological polar surface area (TPSA) is 17.8 Å². The summed E-state index contributed by atoms with van der Waals surface area (Å²) >= 11 is 1.87. The minimum atomic E-state index is 0.733. The zero-order chi connectivity index (χ0) is 8.55. The summed E-state index contributed by atoms with van der Waals surface area (Å²) in [5.41, 5.74) is 1.41. The summed E-state index contributed by atoms with van der Waals surface area (Å²) in [4.78, 5) is 4.38. The standard InChI is InChI=1S/C9H14N2S/c1-7(2)5-8-6-10-9-11(8)3-4-12-9/h6-7H,3-5H2,1-2H3. The lowest BCUT2D eigenvalue weighted by Gasteiger charge is -2.05. The van der Waals surface area contributed by atoms with Gasteiger partial charge in [-0.1, -0.05) is 25.6 Å². The van der Waals surface area contributed by atoms with E-state index in [9.17, 15) is 0 Å². The van der Waals surface area contributed by atoms with E-state index in [2.05, 4.69) is 23.4 Å². The molecule has 3 heteroatoms. The van der Waals surface area contributed by atoms with Gasteiger partial charge in [-0.2, -0.15) is 0 Å². The molecule has 1 aromatic rings. The van der Waals surface area contributed by atoms with Gasteiger partial charge in [0.1, 0.15) is 0 Å². The number of hydrogen-bond donors (Lipinski definition) is 0. The number of nitrogens with zero attached hydrogens (tertiary/aromatic N) is 2. The van der Waals surface area contributed by atoms with E-state index in [0.717, 1.165) is 18.9 Å². The molecule has 0 fully saturated rings. The summed E-state index contributed by atoms with van der Waals surface area (Å²) in [7, 11) is 0. The van der Waals surface area contributed by atoms with Crippen molar-refractivity contribution in [3.63, 3.8) is 0 Å². The number of rotatable bonds is 2. The minimum Gasteiger partial charge on any atom is -0.322 e. The van der Waals surface area contributed by atoms with Crippen molar-refractivity contribution in [3.8, 4) is 0 Å². The van der Waals surface area contributed by atoms with Crippen LogP contribution >= 0.6 is 11.8 Å². The monoisotopic (exact) mass is 182 g/mol. The molecule has 1 aliphatic rings. The van der Waals surface area contributed by atoms with Crippen LogP contribution < -0.4 is 0 Å². The van der Waals surface area contributed by atoms with Crippen LogP contribution in [0.1, 0.15) is 19.5 Å². The van der Waals surface area contributed by atoms with E-state index in [0.29, 0.717) is 0 Å². The van der Waals surface area contributed by atoms with Crippen molar-refractivity contribution in [2.45, 2.75) is 32.0 Å². The highest BCUT2D eigenvalue weighted by Crippen LogP contribution is 2.26. The van der Waals surface area contributed by atoms with Crippen LogP contribution in [0.15, 0.2) is 11.4 Å². The highest BCUT2D eigenvalue weighted by atomic mass is 32.2. The summed E-state index contributed by atoms with van der Waals surface area (Å²) < 4.78 is 2.35. The maximum atomic E-state index is 4.38. The number of thioether (sulfide) groups is 1. The van der Waals surface area contributed by atoms with Gasteiger partial charge in [0, 0.05) is 24.2 Å². The van der Waals surface area contributed by atoms with E-state index in [1.54, 1.807) is 0 Å². The third-order valence-electron chi connectivity index (χ3n) is 2.07. The van der Waals surface area contributed by atoms with Crippen LogP contribution in [-0.2, 0) is 13.0 Å². The number of imidazole rings is 1. The van der Waals surface area contributed by atoms with Gasteiger partial charge in [0.25, 0.3) is 0 Å². The molecule has 0 radical (unpaired) electrons. The average molecular weight is 182 g/mol. The van der Waals surface area contributed by atoms with Crippen LogP contribution in [0.3, 0.4) is 0 Å². The normalized spacial score (nSPS) is 15.6. The molecule has 0 aromatic carbocycles. The fourth-order valence-corrected chi connectivity index (χ4v) is 2.50. The first kappa shape index (κ1) is 8.17. The van der Waals surface area contributed by atoms with Gasteiger partial charge in [-0.25, -0.2) is 4.98 Å². The van der Waals surface area contributed by atoms with Crippen LogP contribution in [0.4, 0.5) is 0 Å². The van der Waals surface area contributed by atoms with Crippen molar-refractivity contribution < 1.29 is 0 Å². The van der Waals surface area contributed by atoms with Gasteiger partial charge in [-0.3, -0.25) is 0 Å². The Morgan fingerprint density at radius 2 is 2.50 bits per heavy atom. The first-order valence-corrected chi connectivity index (χ1v) is 5.43. The van der Waals surface area contributed by atoms with Gasteiger partial charge >= 0.3 is 0 Å². The minimum absolute atomic E-state index is 0.733. The third-order valence-corrected chi connectivity index (χ3v) is 3.04. The smallest absolute Gasteiger partial charge is 0.168 e. The molecule has 1 aliphatic heterocycles. The van der Waals surface area contributed by atoms with Gasteiger partial charge in [-0.05, 0) is 12.3 Å². The van der Waals surface area contributed by atoms with Crippen molar-refractivity contribution in [2.75, 3.05) is 5.75 Å². The summed E-state index contributed by atoms with van der Waals surface area (Å²) in [6, 6.07) is 0. The molecule has 2 rings (SSSR count). The zero-order valence-electron chi connectivity index (χ0n) is 7.58. The summed E-state index contributed by atoms with van der Waals surface area (Å²) in [5.74, 6) is 1.94. The predicted molar refractivity (Wildman–Crippen MR) is 51.5 cm³/mol. The van der Waals surface area contributed by atoms with Crippen molar-refractivity contribution in [1.29, 1.82) is 0 Å². The third kappa shape index (κ3) is 1.38. The van der Waals surface area contributed by atoms with Crippen LogP contribution in [-0.4, -0.2) is 15.3 Å². The maximum Gasteiger partial charge on any atom is 0.168 e. The Kier molecular flexibility index (Phi) is 2.13.